The number of hydrogen-bond acceptors (Lipinski definition) is 4. The molecule has 120 valence electrons. The number of amides is 2. The fraction of sp³-hybridized carbons (Fsp3) is 0.467. The molecule has 1 aliphatic heterocycles. The lowest BCUT2D eigenvalue weighted by atomic mass is 9.90. The Kier molecular flexibility index (Phi) is 4.67. The number of fused-ring (bicyclic) bond motifs is 1. The highest BCUT2D eigenvalue weighted by atomic mass is 32.2. The molecule has 1 aliphatic carbocycles. The number of nitrogens with one attached hydrogen (secondary N) is 1. The number of carbonyl (C=O) groups is 2. The van der Waals surface area contributed by atoms with Crippen LogP contribution in [0.25, 0.3) is 0 Å². The Hall–Kier alpha value is -1.73. The summed E-state index contributed by atoms with van der Waals surface area (Å²) in [7, 11) is -3.83. The Labute approximate surface area is 129 Å². The second-order valence-corrected chi connectivity index (χ2v) is 7.75. The first-order valence-corrected chi connectivity index (χ1v) is 8.60. The van der Waals surface area contributed by atoms with Crippen molar-refractivity contribution in [2.24, 2.45) is 0 Å². The van der Waals surface area contributed by atoms with E-state index in [0.29, 0.717) is 24.0 Å². The zero-order valence-corrected chi connectivity index (χ0v) is 13.1. The topological polar surface area (TPSA) is 101 Å². The molecule has 22 heavy (non-hydrogen) atoms. The van der Waals surface area contributed by atoms with Crippen molar-refractivity contribution >= 4 is 21.9 Å². The fourth-order valence-electron chi connectivity index (χ4n) is 2.67. The minimum atomic E-state index is -3.83. The predicted octanol–water partition coefficient (Wildman–Crippen LogP) is 2.17. The van der Waals surface area contributed by atoms with E-state index in [2.05, 4.69) is 5.32 Å². The molecule has 7 heteroatoms. The number of benzene rings is 1. The highest BCUT2D eigenvalue weighted by Crippen LogP contribution is 2.33. The predicted molar refractivity (Wildman–Crippen MR) is 81.3 cm³/mol. The van der Waals surface area contributed by atoms with Gasteiger partial charge in [0.05, 0.1) is 15.9 Å². The molecule has 0 bridgehead atoms. The van der Waals surface area contributed by atoms with Crippen LogP contribution < -0.4 is 5.32 Å². The van der Waals surface area contributed by atoms with Crippen LogP contribution in [0, 0.1) is 0 Å². The SMILES string of the molecule is CC1(S(=O)(=O)O)CCCCC1.O=C1NC(=O)c2ccccc21. The van der Waals surface area contributed by atoms with Crippen LogP contribution in [0.2, 0.25) is 0 Å². The third-order valence-electron chi connectivity index (χ3n) is 4.18. The zero-order valence-electron chi connectivity index (χ0n) is 12.3. The van der Waals surface area contributed by atoms with Crippen LogP contribution in [0.15, 0.2) is 24.3 Å². The minimum Gasteiger partial charge on any atom is -0.288 e. The molecule has 3 rings (SSSR count). The summed E-state index contributed by atoms with van der Waals surface area (Å²) in [5.41, 5.74) is 0.940. The van der Waals surface area contributed by atoms with Crippen molar-refractivity contribution in [1.29, 1.82) is 0 Å². The summed E-state index contributed by atoms with van der Waals surface area (Å²) in [6, 6.07) is 6.74. The normalized spacial score (nSPS) is 19.7. The molecule has 1 aromatic rings. The summed E-state index contributed by atoms with van der Waals surface area (Å²) in [6.07, 6.45) is 4.12. The van der Waals surface area contributed by atoms with Crippen molar-refractivity contribution in [3.63, 3.8) is 0 Å². The van der Waals surface area contributed by atoms with Gasteiger partial charge in [0, 0.05) is 0 Å². The number of imide groups is 1. The molecule has 0 spiro atoms. The highest BCUT2D eigenvalue weighted by Gasteiger charge is 2.38. The van der Waals surface area contributed by atoms with Gasteiger partial charge in [0.2, 0.25) is 0 Å². The molecule has 1 saturated carbocycles. The van der Waals surface area contributed by atoms with Gasteiger partial charge in [0.1, 0.15) is 0 Å². The van der Waals surface area contributed by atoms with Crippen molar-refractivity contribution in [3.8, 4) is 0 Å². The molecule has 0 aromatic heterocycles. The van der Waals surface area contributed by atoms with E-state index in [1.807, 2.05) is 0 Å². The molecule has 2 amide bonds. The second kappa shape index (κ2) is 6.18. The minimum absolute atomic E-state index is 0.300. The quantitative estimate of drug-likeness (QED) is 0.609. The van der Waals surface area contributed by atoms with Crippen molar-refractivity contribution in [2.75, 3.05) is 0 Å². The van der Waals surface area contributed by atoms with Gasteiger partial charge in [0.15, 0.2) is 0 Å². The molecule has 2 aliphatic rings. The Morgan fingerprint density at radius 3 is 1.82 bits per heavy atom. The van der Waals surface area contributed by atoms with Crippen LogP contribution in [0.3, 0.4) is 0 Å². The largest absolute Gasteiger partial charge is 0.288 e. The molecule has 2 N–H and O–H groups in total. The number of hydrogen-bond donors (Lipinski definition) is 2. The van der Waals surface area contributed by atoms with E-state index in [9.17, 15) is 18.0 Å². The van der Waals surface area contributed by atoms with Crippen molar-refractivity contribution in [1.82, 2.24) is 5.32 Å². The standard InChI is InChI=1S/C8H5NO2.C7H14O3S/c10-7-5-3-1-2-4-6(5)8(11)9-7;1-7(11(8,9)10)5-3-2-4-6-7/h1-4H,(H,9,10,11);2-6H2,1H3,(H,8,9,10). The molecule has 0 unspecified atom stereocenters. The summed E-state index contributed by atoms with van der Waals surface area (Å²) in [6.45, 7) is 1.63. The zero-order chi connectivity index (χ0) is 16.4. The average Bonchev–Trinajstić information content (AvgIpc) is 2.75. The third kappa shape index (κ3) is 3.36. The van der Waals surface area contributed by atoms with Crippen LogP contribution in [0.1, 0.15) is 59.7 Å². The van der Waals surface area contributed by atoms with Gasteiger partial charge in [-0.2, -0.15) is 8.42 Å². The molecule has 1 aromatic carbocycles. The maximum Gasteiger partial charge on any atom is 0.270 e. The Balaban J connectivity index is 0.000000160. The lowest BCUT2D eigenvalue weighted by Gasteiger charge is -2.29. The van der Waals surface area contributed by atoms with E-state index in [0.717, 1.165) is 19.3 Å². The number of rotatable bonds is 1. The molecule has 1 heterocycles. The van der Waals surface area contributed by atoms with E-state index >= 15 is 0 Å². The van der Waals surface area contributed by atoms with E-state index in [1.165, 1.54) is 0 Å². The van der Waals surface area contributed by atoms with Crippen molar-refractivity contribution in [2.45, 2.75) is 43.8 Å². The Morgan fingerprint density at radius 2 is 1.45 bits per heavy atom. The van der Waals surface area contributed by atoms with Gasteiger partial charge >= 0.3 is 0 Å². The van der Waals surface area contributed by atoms with E-state index in [-0.39, 0.29) is 11.8 Å². The average molecular weight is 325 g/mol. The van der Waals surface area contributed by atoms with Crippen molar-refractivity contribution < 1.29 is 22.6 Å². The molecule has 0 radical (unpaired) electrons. The van der Waals surface area contributed by atoms with E-state index in [1.54, 1.807) is 31.2 Å². The maximum absolute atomic E-state index is 10.9. The first-order valence-electron chi connectivity index (χ1n) is 7.16. The van der Waals surface area contributed by atoms with Gasteiger partial charge in [-0.05, 0) is 31.9 Å². The molecule has 0 atom stereocenters. The first kappa shape index (κ1) is 16.6. The molecule has 0 saturated heterocycles. The summed E-state index contributed by atoms with van der Waals surface area (Å²) in [5.74, 6) is -0.601. The van der Waals surface area contributed by atoms with Crippen LogP contribution >= 0.6 is 0 Å². The second-order valence-electron chi connectivity index (χ2n) is 5.81. The summed E-state index contributed by atoms with van der Waals surface area (Å²) < 4.78 is 29.7. The van der Waals surface area contributed by atoms with E-state index < -0.39 is 14.9 Å². The lowest BCUT2D eigenvalue weighted by molar-refractivity contribution is 0.0879. The highest BCUT2D eigenvalue weighted by molar-refractivity contribution is 7.87. The Morgan fingerprint density at radius 1 is 1.00 bits per heavy atom. The monoisotopic (exact) mass is 325 g/mol. The fourth-order valence-corrected chi connectivity index (χ4v) is 3.48. The van der Waals surface area contributed by atoms with Gasteiger partial charge < -0.3 is 0 Å². The summed E-state index contributed by atoms with van der Waals surface area (Å²) in [5, 5.41) is 2.20. The first-order chi connectivity index (χ1) is 10.2. The summed E-state index contributed by atoms with van der Waals surface area (Å²) >= 11 is 0. The van der Waals surface area contributed by atoms with Crippen LogP contribution in [0.5, 0.6) is 0 Å². The van der Waals surface area contributed by atoms with Gasteiger partial charge in [-0.3, -0.25) is 19.5 Å². The third-order valence-corrected chi connectivity index (χ3v) is 5.83. The number of carbonyl (C=O) groups excluding carboxylic acids is 2. The van der Waals surface area contributed by atoms with Gasteiger partial charge in [0.25, 0.3) is 21.9 Å². The lowest BCUT2D eigenvalue weighted by Crippen LogP contribution is -2.36. The van der Waals surface area contributed by atoms with Gasteiger partial charge in [-0.1, -0.05) is 31.4 Å². The van der Waals surface area contributed by atoms with Gasteiger partial charge in [-0.25, -0.2) is 0 Å². The molecular formula is C15H19NO5S. The summed E-state index contributed by atoms with van der Waals surface area (Å²) in [4.78, 5) is 21.9. The smallest absolute Gasteiger partial charge is 0.270 e. The van der Waals surface area contributed by atoms with Crippen LogP contribution in [-0.2, 0) is 10.1 Å². The van der Waals surface area contributed by atoms with Gasteiger partial charge in [-0.15, -0.1) is 0 Å². The van der Waals surface area contributed by atoms with Crippen LogP contribution in [-0.4, -0.2) is 29.5 Å². The maximum atomic E-state index is 10.9. The molecule has 6 nitrogen and oxygen atoms in total. The molecule has 1 fully saturated rings. The van der Waals surface area contributed by atoms with Crippen LogP contribution in [0.4, 0.5) is 0 Å². The Bertz CT molecular complexity index is 657. The molecular weight excluding hydrogens is 306 g/mol. The van der Waals surface area contributed by atoms with E-state index in [4.69, 9.17) is 4.55 Å². The van der Waals surface area contributed by atoms with Crippen molar-refractivity contribution in [3.05, 3.63) is 35.4 Å².